The van der Waals surface area contributed by atoms with Crippen LogP contribution in [-0.4, -0.2) is 41.5 Å². The molecule has 0 aliphatic heterocycles. The maximum absolute atomic E-state index is 11.4. The third-order valence-electron chi connectivity index (χ3n) is 2.73. The number of benzene rings is 1. The van der Waals surface area contributed by atoms with Crippen molar-refractivity contribution in [1.82, 2.24) is 4.90 Å². The van der Waals surface area contributed by atoms with Crippen LogP contribution in [0.5, 0.6) is 5.75 Å². The zero-order valence-corrected chi connectivity index (χ0v) is 11.7. The van der Waals surface area contributed by atoms with Gasteiger partial charge in [-0.15, -0.1) is 0 Å². The van der Waals surface area contributed by atoms with Crippen LogP contribution < -0.4 is 4.74 Å². The predicted molar refractivity (Wildman–Crippen MR) is 72.5 cm³/mol. The number of hydrogen-bond acceptors (Lipinski definition) is 5. The molecule has 0 heterocycles. The van der Waals surface area contributed by atoms with Crippen LogP contribution in [0.4, 0.5) is 5.69 Å². The molecular formula is C13H18N2O5. The molecule has 110 valence electrons. The summed E-state index contributed by atoms with van der Waals surface area (Å²) in [5.74, 6) is 0.266. The van der Waals surface area contributed by atoms with Crippen molar-refractivity contribution < 1.29 is 19.6 Å². The second kappa shape index (κ2) is 6.85. The number of nitro groups is 1. The molecule has 0 radical (unpaired) electrons. The first-order valence-electron chi connectivity index (χ1n) is 6.12. The summed E-state index contributed by atoms with van der Waals surface area (Å²) >= 11 is 0. The molecule has 7 nitrogen and oxygen atoms in total. The largest absolute Gasteiger partial charge is 0.493 e. The third kappa shape index (κ3) is 4.20. The molecular weight excluding hydrogens is 264 g/mol. The standard InChI is InChI=1S/C13H18N2O5/c1-9(16)11-8-10(15(18)19)4-5-12(11)20-7-6-13(17)14(2)3/h4-5,8-9,16H,6-7H2,1-3H3/t9-/m1/s1. The fourth-order valence-electron chi connectivity index (χ4n) is 1.58. The number of non-ortho nitro benzene ring substituents is 1. The Hall–Kier alpha value is -2.15. The number of aliphatic hydroxyl groups is 1. The van der Waals surface area contributed by atoms with E-state index in [0.717, 1.165) is 0 Å². The summed E-state index contributed by atoms with van der Waals surface area (Å²) in [6.07, 6.45) is -0.696. The van der Waals surface area contributed by atoms with E-state index >= 15 is 0 Å². The minimum atomic E-state index is -0.894. The number of amides is 1. The van der Waals surface area contributed by atoms with Gasteiger partial charge in [0.15, 0.2) is 0 Å². The van der Waals surface area contributed by atoms with Crippen LogP contribution in [0, 0.1) is 10.1 Å². The minimum Gasteiger partial charge on any atom is -0.493 e. The zero-order chi connectivity index (χ0) is 15.3. The summed E-state index contributed by atoms with van der Waals surface area (Å²) in [7, 11) is 3.30. The topological polar surface area (TPSA) is 92.9 Å². The molecule has 0 aromatic heterocycles. The number of nitrogens with zero attached hydrogens (tertiary/aromatic N) is 2. The van der Waals surface area contributed by atoms with Crippen LogP contribution in [0.1, 0.15) is 25.0 Å². The Kier molecular flexibility index (Phi) is 5.45. The SMILES string of the molecule is C[C@@H](O)c1cc([N+](=O)[O-])ccc1OCCC(=O)N(C)C. The highest BCUT2D eigenvalue weighted by Crippen LogP contribution is 2.29. The van der Waals surface area contributed by atoms with Crippen LogP contribution in [0.25, 0.3) is 0 Å². The first-order valence-corrected chi connectivity index (χ1v) is 6.12. The van der Waals surface area contributed by atoms with E-state index in [9.17, 15) is 20.0 Å². The van der Waals surface area contributed by atoms with Crippen LogP contribution in [0.3, 0.4) is 0 Å². The van der Waals surface area contributed by atoms with Gasteiger partial charge in [-0.1, -0.05) is 0 Å². The second-order valence-electron chi connectivity index (χ2n) is 4.54. The average Bonchev–Trinajstić information content (AvgIpc) is 2.38. The van der Waals surface area contributed by atoms with E-state index in [1.807, 2.05) is 0 Å². The fraction of sp³-hybridized carbons (Fsp3) is 0.462. The number of nitro benzene ring substituents is 1. The Balaban J connectivity index is 2.79. The molecule has 0 saturated carbocycles. The summed E-state index contributed by atoms with van der Waals surface area (Å²) in [5, 5.41) is 20.3. The summed E-state index contributed by atoms with van der Waals surface area (Å²) in [6.45, 7) is 1.64. The lowest BCUT2D eigenvalue weighted by Crippen LogP contribution is -2.23. The number of rotatable bonds is 6. The van der Waals surface area contributed by atoms with E-state index < -0.39 is 11.0 Å². The number of hydrogen-bond donors (Lipinski definition) is 1. The second-order valence-corrected chi connectivity index (χ2v) is 4.54. The van der Waals surface area contributed by atoms with Crippen molar-refractivity contribution in [2.75, 3.05) is 20.7 Å². The highest BCUT2D eigenvalue weighted by atomic mass is 16.6. The highest BCUT2D eigenvalue weighted by molar-refractivity contribution is 5.75. The van der Waals surface area contributed by atoms with Crippen molar-refractivity contribution in [3.05, 3.63) is 33.9 Å². The highest BCUT2D eigenvalue weighted by Gasteiger charge is 2.15. The van der Waals surface area contributed by atoms with Crippen molar-refractivity contribution in [2.45, 2.75) is 19.4 Å². The maximum atomic E-state index is 11.4. The van der Waals surface area contributed by atoms with Gasteiger partial charge in [0.1, 0.15) is 5.75 Å². The third-order valence-corrected chi connectivity index (χ3v) is 2.73. The lowest BCUT2D eigenvalue weighted by Gasteiger charge is -2.14. The van der Waals surface area contributed by atoms with Gasteiger partial charge < -0.3 is 14.7 Å². The van der Waals surface area contributed by atoms with Crippen LogP contribution >= 0.6 is 0 Å². The van der Waals surface area contributed by atoms with Gasteiger partial charge in [0.05, 0.1) is 24.1 Å². The molecule has 1 aromatic rings. The number of carbonyl (C=O) groups is 1. The van der Waals surface area contributed by atoms with E-state index in [1.165, 1.54) is 30.0 Å². The quantitative estimate of drug-likeness (QED) is 0.630. The summed E-state index contributed by atoms with van der Waals surface area (Å²) < 4.78 is 5.42. The van der Waals surface area contributed by atoms with E-state index in [0.29, 0.717) is 11.3 Å². The first-order chi connectivity index (χ1) is 9.32. The molecule has 1 amide bonds. The smallest absolute Gasteiger partial charge is 0.270 e. The van der Waals surface area contributed by atoms with Crippen LogP contribution in [0.2, 0.25) is 0 Å². The molecule has 0 aliphatic carbocycles. The Bertz CT molecular complexity index is 500. The van der Waals surface area contributed by atoms with Gasteiger partial charge in [0, 0.05) is 31.8 Å². The molecule has 0 spiro atoms. The van der Waals surface area contributed by atoms with Crippen molar-refractivity contribution in [2.24, 2.45) is 0 Å². The molecule has 0 saturated heterocycles. The van der Waals surface area contributed by atoms with E-state index in [2.05, 4.69) is 0 Å². The van der Waals surface area contributed by atoms with Crippen molar-refractivity contribution >= 4 is 11.6 Å². The van der Waals surface area contributed by atoms with E-state index in [-0.39, 0.29) is 24.6 Å². The van der Waals surface area contributed by atoms with Crippen molar-refractivity contribution in [3.63, 3.8) is 0 Å². The van der Waals surface area contributed by atoms with E-state index in [1.54, 1.807) is 14.1 Å². The molecule has 20 heavy (non-hydrogen) atoms. The van der Waals surface area contributed by atoms with Gasteiger partial charge >= 0.3 is 0 Å². The molecule has 0 fully saturated rings. The van der Waals surface area contributed by atoms with E-state index in [4.69, 9.17) is 4.74 Å². The lowest BCUT2D eigenvalue weighted by molar-refractivity contribution is -0.385. The maximum Gasteiger partial charge on any atom is 0.270 e. The zero-order valence-electron chi connectivity index (χ0n) is 11.7. The molecule has 0 aliphatic rings. The van der Waals surface area contributed by atoms with Gasteiger partial charge in [0.2, 0.25) is 5.91 Å². The first kappa shape index (κ1) is 15.9. The Labute approximate surface area is 116 Å². The normalized spacial score (nSPS) is 11.8. The van der Waals surface area contributed by atoms with Gasteiger partial charge in [0.25, 0.3) is 5.69 Å². The predicted octanol–water partition coefficient (Wildman–Crippen LogP) is 1.51. The van der Waals surface area contributed by atoms with Crippen molar-refractivity contribution in [3.8, 4) is 5.75 Å². The molecule has 1 N–H and O–H groups in total. The van der Waals surface area contributed by atoms with Crippen molar-refractivity contribution in [1.29, 1.82) is 0 Å². The van der Waals surface area contributed by atoms with Crippen LogP contribution in [-0.2, 0) is 4.79 Å². The van der Waals surface area contributed by atoms with Gasteiger partial charge in [-0.25, -0.2) is 0 Å². The van der Waals surface area contributed by atoms with Crippen LogP contribution in [0.15, 0.2) is 18.2 Å². The lowest BCUT2D eigenvalue weighted by atomic mass is 10.1. The Morgan fingerprint density at radius 3 is 2.65 bits per heavy atom. The van der Waals surface area contributed by atoms with Gasteiger partial charge in [-0.2, -0.15) is 0 Å². The molecule has 1 rings (SSSR count). The molecule has 0 bridgehead atoms. The minimum absolute atomic E-state index is 0.0782. The average molecular weight is 282 g/mol. The number of aliphatic hydroxyl groups excluding tert-OH is 1. The molecule has 0 unspecified atom stereocenters. The van der Waals surface area contributed by atoms with Gasteiger partial charge in [-0.3, -0.25) is 14.9 Å². The van der Waals surface area contributed by atoms with Gasteiger partial charge in [-0.05, 0) is 13.0 Å². The number of carbonyl (C=O) groups excluding carboxylic acids is 1. The Morgan fingerprint density at radius 1 is 1.50 bits per heavy atom. The molecule has 1 aromatic carbocycles. The molecule has 1 atom stereocenters. The monoisotopic (exact) mass is 282 g/mol. The Morgan fingerprint density at radius 2 is 2.15 bits per heavy atom. The fourth-order valence-corrected chi connectivity index (χ4v) is 1.58. The summed E-state index contributed by atoms with van der Waals surface area (Å²) in [4.78, 5) is 23.0. The summed E-state index contributed by atoms with van der Waals surface area (Å²) in [6, 6.07) is 4.00. The summed E-state index contributed by atoms with van der Waals surface area (Å²) in [5.41, 5.74) is 0.217. The number of ether oxygens (including phenoxy) is 1. The molecule has 7 heteroatoms.